The molecule has 1 aromatic rings. The van der Waals surface area contributed by atoms with E-state index in [0.717, 1.165) is 13.0 Å². The summed E-state index contributed by atoms with van der Waals surface area (Å²) < 4.78 is 0. The van der Waals surface area contributed by atoms with Crippen LogP contribution in [0.5, 0.6) is 0 Å². The van der Waals surface area contributed by atoms with Gasteiger partial charge in [0.05, 0.1) is 0 Å². The first-order chi connectivity index (χ1) is 7.88. The molecule has 0 bridgehead atoms. The molecule has 2 rings (SSSR count). The summed E-state index contributed by atoms with van der Waals surface area (Å²) in [6.45, 7) is 5.93. The Bertz CT molecular complexity index is 294. The van der Waals surface area contributed by atoms with Crippen molar-refractivity contribution in [3.05, 3.63) is 35.4 Å². The van der Waals surface area contributed by atoms with Crippen LogP contribution in [-0.4, -0.2) is 18.0 Å². The Morgan fingerprint density at radius 1 is 0.875 bits per heavy atom. The molecular weight excluding hydrogens is 194 g/mol. The largest absolute Gasteiger partial charge is 0.299 e. The van der Waals surface area contributed by atoms with Gasteiger partial charge in [0.15, 0.2) is 0 Å². The van der Waals surface area contributed by atoms with Gasteiger partial charge >= 0.3 is 0 Å². The third-order valence-electron chi connectivity index (χ3n) is 3.54. The van der Waals surface area contributed by atoms with E-state index in [4.69, 9.17) is 0 Å². The Labute approximate surface area is 99.5 Å². The highest BCUT2D eigenvalue weighted by Gasteiger charge is 2.08. The van der Waals surface area contributed by atoms with Crippen LogP contribution in [0, 0.1) is 0 Å². The zero-order valence-electron chi connectivity index (χ0n) is 10.4. The number of hydrogen-bond acceptors (Lipinski definition) is 1. The van der Waals surface area contributed by atoms with Crippen molar-refractivity contribution in [3.63, 3.8) is 0 Å². The zero-order valence-corrected chi connectivity index (χ0v) is 10.4. The van der Waals surface area contributed by atoms with Crippen LogP contribution in [0.3, 0.4) is 0 Å². The predicted octanol–water partition coefficient (Wildman–Crippen LogP) is 3.63. The summed E-state index contributed by atoms with van der Waals surface area (Å²) in [5.41, 5.74) is 2.92. The molecule has 16 heavy (non-hydrogen) atoms. The summed E-state index contributed by atoms with van der Waals surface area (Å²) in [4.78, 5) is 2.61. The highest BCUT2D eigenvalue weighted by molar-refractivity contribution is 5.22. The predicted molar refractivity (Wildman–Crippen MR) is 69.6 cm³/mol. The molecule has 1 aliphatic heterocycles. The van der Waals surface area contributed by atoms with E-state index in [2.05, 4.69) is 36.1 Å². The van der Waals surface area contributed by atoms with Crippen molar-refractivity contribution in [1.82, 2.24) is 4.90 Å². The molecule has 1 fully saturated rings. The van der Waals surface area contributed by atoms with Crippen LogP contribution in [0.2, 0.25) is 0 Å². The molecule has 88 valence electrons. The maximum Gasteiger partial charge on any atom is 0.0233 e. The van der Waals surface area contributed by atoms with Crippen molar-refractivity contribution < 1.29 is 0 Å². The standard InChI is InChI=1S/C15H23N/c1-2-14-7-9-15(10-8-14)13-16-11-5-3-4-6-12-16/h7-10H,2-6,11-13H2,1H3. The number of hydrogen-bond donors (Lipinski definition) is 0. The van der Waals surface area contributed by atoms with Gasteiger partial charge in [-0.15, -0.1) is 0 Å². The Kier molecular flexibility index (Phi) is 4.41. The summed E-state index contributed by atoms with van der Waals surface area (Å²) in [5.74, 6) is 0. The molecule has 0 spiro atoms. The van der Waals surface area contributed by atoms with E-state index in [1.807, 2.05) is 0 Å². The van der Waals surface area contributed by atoms with Crippen LogP contribution < -0.4 is 0 Å². The summed E-state index contributed by atoms with van der Waals surface area (Å²) in [7, 11) is 0. The van der Waals surface area contributed by atoms with Crippen molar-refractivity contribution in [3.8, 4) is 0 Å². The highest BCUT2D eigenvalue weighted by atomic mass is 15.1. The van der Waals surface area contributed by atoms with E-state index in [-0.39, 0.29) is 0 Å². The van der Waals surface area contributed by atoms with Crippen molar-refractivity contribution in [1.29, 1.82) is 0 Å². The highest BCUT2D eigenvalue weighted by Crippen LogP contribution is 2.13. The van der Waals surface area contributed by atoms with Crippen molar-refractivity contribution in [2.45, 2.75) is 45.6 Å². The van der Waals surface area contributed by atoms with E-state index in [1.54, 1.807) is 0 Å². The van der Waals surface area contributed by atoms with E-state index in [0.29, 0.717) is 0 Å². The lowest BCUT2D eigenvalue weighted by Gasteiger charge is -2.19. The third-order valence-corrected chi connectivity index (χ3v) is 3.54. The summed E-state index contributed by atoms with van der Waals surface area (Å²) in [5, 5.41) is 0. The number of benzene rings is 1. The Hall–Kier alpha value is -0.820. The fraction of sp³-hybridized carbons (Fsp3) is 0.600. The van der Waals surface area contributed by atoms with E-state index in [9.17, 15) is 0 Å². The molecule has 0 atom stereocenters. The Morgan fingerprint density at radius 3 is 2.00 bits per heavy atom. The topological polar surface area (TPSA) is 3.24 Å². The zero-order chi connectivity index (χ0) is 11.2. The molecule has 0 unspecified atom stereocenters. The van der Waals surface area contributed by atoms with Crippen molar-refractivity contribution in [2.24, 2.45) is 0 Å². The van der Waals surface area contributed by atoms with Gasteiger partial charge in [0.1, 0.15) is 0 Å². The summed E-state index contributed by atoms with van der Waals surface area (Å²) >= 11 is 0. The van der Waals surface area contributed by atoms with Gasteiger partial charge in [0, 0.05) is 6.54 Å². The minimum Gasteiger partial charge on any atom is -0.299 e. The van der Waals surface area contributed by atoms with Gasteiger partial charge in [-0.2, -0.15) is 0 Å². The quantitative estimate of drug-likeness (QED) is 0.747. The molecule has 1 aliphatic rings. The monoisotopic (exact) mass is 217 g/mol. The summed E-state index contributed by atoms with van der Waals surface area (Å²) in [6.07, 6.45) is 6.75. The molecule has 0 amide bonds. The van der Waals surface area contributed by atoms with Crippen LogP contribution in [0.15, 0.2) is 24.3 Å². The van der Waals surface area contributed by atoms with Crippen molar-refractivity contribution >= 4 is 0 Å². The molecule has 1 aromatic carbocycles. The normalized spacial score (nSPS) is 18.3. The van der Waals surface area contributed by atoms with Crippen LogP contribution >= 0.6 is 0 Å². The van der Waals surface area contributed by atoms with Crippen LogP contribution in [0.1, 0.15) is 43.7 Å². The second-order valence-electron chi connectivity index (χ2n) is 4.86. The maximum atomic E-state index is 2.61. The number of rotatable bonds is 3. The lowest BCUT2D eigenvalue weighted by Crippen LogP contribution is -2.23. The average Bonchev–Trinajstić information content (AvgIpc) is 2.59. The lowest BCUT2D eigenvalue weighted by molar-refractivity contribution is 0.277. The molecule has 0 radical (unpaired) electrons. The minimum atomic E-state index is 1.14. The first-order valence-corrected chi connectivity index (χ1v) is 6.68. The first kappa shape index (κ1) is 11.7. The molecule has 1 heterocycles. The lowest BCUT2D eigenvalue weighted by atomic mass is 10.1. The minimum absolute atomic E-state index is 1.14. The summed E-state index contributed by atoms with van der Waals surface area (Å²) in [6, 6.07) is 9.13. The molecule has 0 aromatic heterocycles. The van der Waals surface area contributed by atoms with Crippen LogP contribution in [0.25, 0.3) is 0 Å². The molecular formula is C15H23N. The van der Waals surface area contributed by atoms with E-state index >= 15 is 0 Å². The van der Waals surface area contributed by atoms with Crippen molar-refractivity contribution in [2.75, 3.05) is 13.1 Å². The maximum absolute atomic E-state index is 2.61. The number of aryl methyl sites for hydroxylation is 1. The second kappa shape index (κ2) is 6.05. The fourth-order valence-corrected chi connectivity index (χ4v) is 2.43. The van der Waals surface area contributed by atoms with E-state index < -0.39 is 0 Å². The first-order valence-electron chi connectivity index (χ1n) is 6.68. The smallest absolute Gasteiger partial charge is 0.0233 e. The van der Waals surface area contributed by atoms with Gasteiger partial charge < -0.3 is 0 Å². The second-order valence-corrected chi connectivity index (χ2v) is 4.86. The van der Waals surface area contributed by atoms with Gasteiger partial charge in [-0.3, -0.25) is 4.90 Å². The molecule has 1 saturated heterocycles. The van der Waals surface area contributed by atoms with Gasteiger partial charge in [-0.25, -0.2) is 0 Å². The molecule has 0 N–H and O–H groups in total. The van der Waals surface area contributed by atoms with Gasteiger partial charge in [-0.1, -0.05) is 44.0 Å². The van der Waals surface area contributed by atoms with Gasteiger partial charge in [0.25, 0.3) is 0 Å². The fourth-order valence-electron chi connectivity index (χ4n) is 2.43. The number of likely N-dealkylation sites (tertiary alicyclic amines) is 1. The van der Waals surface area contributed by atoms with Gasteiger partial charge in [-0.05, 0) is 43.5 Å². The molecule has 0 aliphatic carbocycles. The van der Waals surface area contributed by atoms with Crippen LogP contribution in [0.4, 0.5) is 0 Å². The Morgan fingerprint density at radius 2 is 1.44 bits per heavy atom. The van der Waals surface area contributed by atoms with E-state index in [1.165, 1.54) is 49.9 Å². The molecule has 0 saturated carbocycles. The SMILES string of the molecule is CCc1ccc(CN2CCCCCC2)cc1. The average molecular weight is 217 g/mol. The third kappa shape index (κ3) is 3.34. The van der Waals surface area contributed by atoms with Gasteiger partial charge in [0.2, 0.25) is 0 Å². The molecule has 1 nitrogen and oxygen atoms in total. The Balaban J connectivity index is 1.91. The van der Waals surface area contributed by atoms with Crippen LogP contribution in [-0.2, 0) is 13.0 Å². The number of nitrogens with zero attached hydrogens (tertiary/aromatic N) is 1. The molecule has 1 heteroatoms.